The van der Waals surface area contributed by atoms with Crippen molar-refractivity contribution in [2.75, 3.05) is 0 Å². The van der Waals surface area contributed by atoms with E-state index in [4.69, 9.17) is 11.6 Å². The molecule has 0 saturated carbocycles. The van der Waals surface area contributed by atoms with E-state index in [2.05, 4.69) is 11.1 Å². The molecule has 0 aliphatic carbocycles. The van der Waals surface area contributed by atoms with Crippen LogP contribution in [0.1, 0.15) is 16.7 Å². The fourth-order valence-electron chi connectivity index (χ4n) is 2.82. The van der Waals surface area contributed by atoms with Gasteiger partial charge < -0.3 is 4.98 Å². The molecule has 118 valence electrons. The van der Waals surface area contributed by atoms with Gasteiger partial charge in [-0.3, -0.25) is 4.79 Å². The summed E-state index contributed by atoms with van der Waals surface area (Å²) < 4.78 is 0. The Morgan fingerprint density at radius 1 is 1.00 bits per heavy atom. The predicted octanol–water partition coefficient (Wildman–Crippen LogP) is 4.85. The second-order valence-electron chi connectivity index (χ2n) is 5.71. The number of nitrogens with zero attached hydrogens (tertiary/aromatic N) is 1. The molecule has 0 fully saturated rings. The van der Waals surface area contributed by atoms with E-state index in [0.29, 0.717) is 21.8 Å². The Bertz CT molecular complexity index is 1030. The van der Waals surface area contributed by atoms with Crippen molar-refractivity contribution in [3.8, 4) is 28.5 Å². The molecule has 1 heterocycles. The third-order valence-electron chi connectivity index (χ3n) is 3.98. The van der Waals surface area contributed by atoms with E-state index in [1.165, 1.54) is 0 Å². The van der Waals surface area contributed by atoms with Crippen molar-refractivity contribution in [3.05, 3.63) is 80.6 Å². The number of rotatable bonds is 2. The fourth-order valence-corrected chi connectivity index (χ4v) is 3.06. The lowest BCUT2D eigenvalue weighted by atomic mass is 9.97. The van der Waals surface area contributed by atoms with Crippen LogP contribution in [0.5, 0.6) is 0 Å². The number of hydrogen-bond acceptors (Lipinski definition) is 2. The summed E-state index contributed by atoms with van der Waals surface area (Å²) in [6.45, 7) is 4.02. The van der Waals surface area contributed by atoms with Gasteiger partial charge >= 0.3 is 0 Å². The average Bonchev–Trinajstić information content (AvgIpc) is 2.54. The van der Waals surface area contributed by atoms with Gasteiger partial charge in [-0.25, -0.2) is 0 Å². The quantitative estimate of drug-likeness (QED) is 0.728. The van der Waals surface area contributed by atoms with Crippen LogP contribution in [0.3, 0.4) is 0 Å². The Kier molecular flexibility index (Phi) is 4.24. The fraction of sp³-hybridized carbons (Fsp3) is 0.100. The van der Waals surface area contributed by atoms with Crippen LogP contribution in [0, 0.1) is 25.2 Å². The molecule has 0 radical (unpaired) electrons. The van der Waals surface area contributed by atoms with Gasteiger partial charge in [-0.1, -0.05) is 53.6 Å². The highest BCUT2D eigenvalue weighted by Crippen LogP contribution is 2.32. The molecule has 0 aliphatic rings. The summed E-state index contributed by atoms with van der Waals surface area (Å²) >= 11 is 6.27. The number of benzene rings is 2. The van der Waals surface area contributed by atoms with Crippen LogP contribution in [0.25, 0.3) is 22.4 Å². The average molecular weight is 335 g/mol. The first kappa shape index (κ1) is 16.0. The number of aromatic nitrogens is 1. The zero-order valence-corrected chi connectivity index (χ0v) is 14.1. The van der Waals surface area contributed by atoms with Gasteiger partial charge in [0.1, 0.15) is 11.6 Å². The molecular weight excluding hydrogens is 320 g/mol. The van der Waals surface area contributed by atoms with Gasteiger partial charge in [-0.2, -0.15) is 5.26 Å². The zero-order chi connectivity index (χ0) is 17.3. The molecule has 1 aromatic heterocycles. The highest BCUT2D eigenvalue weighted by atomic mass is 35.5. The number of nitrogens with one attached hydrogen (secondary N) is 1. The number of H-pyrrole nitrogens is 1. The summed E-state index contributed by atoms with van der Waals surface area (Å²) in [5.74, 6) is 0. The first-order valence-corrected chi connectivity index (χ1v) is 7.89. The first-order chi connectivity index (χ1) is 11.5. The summed E-state index contributed by atoms with van der Waals surface area (Å²) in [4.78, 5) is 15.2. The second kappa shape index (κ2) is 6.35. The summed E-state index contributed by atoms with van der Waals surface area (Å²) in [6, 6.07) is 17.0. The molecular formula is C20H15ClN2O. The molecule has 0 saturated heterocycles. The number of hydrogen-bond donors (Lipinski definition) is 1. The molecule has 3 nitrogen and oxygen atoms in total. The van der Waals surface area contributed by atoms with Gasteiger partial charge in [-0.15, -0.1) is 0 Å². The first-order valence-electron chi connectivity index (χ1n) is 7.51. The highest BCUT2D eigenvalue weighted by molar-refractivity contribution is 6.33. The van der Waals surface area contributed by atoms with Gasteiger partial charge in [0.05, 0.1) is 0 Å². The van der Waals surface area contributed by atoms with Gasteiger partial charge in [0.15, 0.2) is 0 Å². The number of aromatic amines is 1. The molecule has 0 spiro atoms. The minimum Gasteiger partial charge on any atom is -0.321 e. The van der Waals surface area contributed by atoms with E-state index >= 15 is 0 Å². The standard InChI is InChI=1S/C20H15ClN2O/c1-12-7-8-14(13(2)9-12)19-10-16(17(11-22)20(24)23-19)15-5-3-4-6-18(15)21/h3-10H,1-2H3,(H,23,24). The maximum absolute atomic E-state index is 12.4. The normalized spacial score (nSPS) is 10.4. The lowest BCUT2D eigenvalue weighted by Gasteiger charge is -2.11. The molecule has 24 heavy (non-hydrogen) atoms. The Hall–Kier alpha value is -2.83. The van der Waals surface area contributed by atoms with E-state index in [0.717, 1.165) is 16.7 Å². The van der Waals surface area contributed by atoms with Crippen LogP contribution < -0.4 is 5.56 Å². The molecule has 3 rings (SSSR count). The zero-order valence-electron chi connectivity index (χ0n) is 13.4. The van der Waals surface area contributed by atoms with E-state index in [1.54, 1.807) is 6.07 Å². The number of halogens is 1. The number of pyridine rings is 1. The van der Waals surface area contributed by atoms with Crippen molar-refractivity contribution >= 4 is 11.6 Å². The van der Waals surface area contributed by atoms with Crippen molar-refractivity contribution in [2.24, 2.45) is 0 Å². The van der Waals surface area contributed by atoms with Gasteiger partial charge in [0, 0.05) is 27.4 Å². The van der Waals surface area contributed by atoms with Crippen LogP contribution in [-0.2, 0) is 0 Å². The van der Waals surface area contributed by atoms with Gasteiger partial charge in [0.2, 0.25) is 0 Å². The number of nitriles is 1. The van der Waals surface area contributed by atoms with Crippen molar-refractivity contribution in [1.82, 2.24) is 4.98 Å². The predicted molar refractivity (Wildman–Crippen MR) is 97.1 cm³/mol. The second-order valence-corrected chi connectivity index (χ2v) is 6.12. The Morgan fingerprint density at radius 2 is 1.75 bits per heavy atom. The van der Waals surface area contributed by atoms with Gasteiger partial charge in [0.25, 0.3) is 5.56 Å². The summed E-state index contributed by atoms with van der Waals surface area (Å²) in [6.07, 6.45) is 0. The van der Waals surface area contributed by atoms with Crippen LogP contribution in [0.2, 0.25) is 5.02 Å². The van der Waals surface area contributed by atoms with Crippen LogP contribution in [0.15, 0.2) is 53.3 Å². The van der Waals surface area contributed by atoms with Crippen molar-refractivity contribution in [2.45, 2.75) is 13.8 Å². The topological polar surface area (TPSA) is 56.6 Å². The smallest absolute Gasteiger partial charge is 0.266 e. The molecule has 1 N–H and O–H groups in total. The maximum Gasteiger partial charge on any atom is 0.266 e. The molecule has 0 aliphatic heterocycles. The Morgan fingerprint density at radius 3 is 2.42 bits per heavy atom. The monoisotopic (exact) mass is 334 g/mol. The lowest BCUT2D eigenvalue weighted by Crippen LogP contribution is -2.13. The van der Waals surface area contributed by atoms with E-state index in [9.17, 15) is 10.1 Å². The van der Waals surface area contributed by atoms with Crippen molar-refractivity contribution in [3.63, 3.8) is 0 Å². The molecule has 0 atom stereocenters. The number of aryl methyl sites for hydroxylation is 2. The SMILES string of the molecule is Cc1ccc(-c2cc(-c3ccccc3Cl)c(C#N)c(=O)[nH]2)c(C)c1. The summed E-state index contributed by atoms with van der Waals surface area (Å²) in [7, 11) is 0. The minimum absolute atomic E-state index is 0.0663. The molecule has 0 amide bonds. The third-order valence-corrected chi connectivity index (χ3v) is 4.31. The molecule has 2 aromatic carbocycles. The summed E-state index contributed by atoms with van der Waals surface area (Å²) in [5, 5.41) is 9.90. The Labute approximate surface area is 145 Å². The van der Waals surface area contributed by atoms with E-state index in [-0.39, 0.29) is 5.56 Å². The van der Waals surface area contributed by atoms with Crippen LogP contribution in [0.4, 0.5) is 0 Å². The van der Waals surface area contributed by atoms with Crippen molar-refractivity contribution in [1.29, 1.82) is 5.26 Å². The third kappa shape index (κ3) is 2.84. The van der Waals surface area contributed by atoms with Gasteiger partial charge in [-0.05, 0) is 31.5 Å². The van der Waals surface area contributed by atoms with Crippen LogP contribution in [-0.4, -0.2) is 4.98 Å². The van der Waals surface area contributed by atoms with E-state index < -0.39 is 5.56 Å². The van der Waals surface area contributed by atoms with E-state index in [1.807, 2.05) is 56.3 Å². The maximum atomic E-state index is 12.4. The molecule has 4 heteroatoms. The largest absolute Gasteiger partial charge is 0.321 e. The molecule has 0 bridgehead atoms. The van der Waals surface area contributed by atoms with Crippen molar-refractivity contribution < 1.29 is 0 Å². The Balaban J connectivity index is 2.31. The minimum atomic E-state index is -0.412. The highest BCUT2D eigenvalue weighted by Gasteiger charge is 2.15. The molecule has 3 aromatic rings. The lowest BCUT2D eigenvalue weighted by molar-refractivity contribution is 1.21. The van der Waals surface area contributed by atoms with Crippen LogP contribution >= 0.6 is 11.6 Å². The molecule has 0 unspecified atom stereocenters. The summed E-state index contributed by atoms with van der Waals surface area (Å²) in [5.41, 5.74) is 4.68.